The zero-order valence-corrected chi connectivity index (χ0v) is 22.4. The van der Waals surface area contributed by atoms with E-state index in [-0.39, 0.29) is 29.9 Å². The fourth-order valence-electron chi connectivity index (χ4n) is 4.59. The number of hydrazone groups is 1. The highest BCUT2D eigenvalue weighted by Gasteiger charge is 2.36. The number of aryl methyl sites for hydroxylation is 1. The number of sulfonamides is 1. The van der Waals surface area contributed by atoms with Gasteiger partial charge in [-0.1, -0.05) is 55.0 Å². The molecule has 5 rings (SSSR count). The molecule has 9 heteroatoms. The molecule has 1 aliphatic heterocycles. The summed E-state index contributed by atoms with van der Waals surface area (Å²) in [5.74, 6) is -0.351. The average molecular weight is 533 g/mol. The van der Waals surface area contributed by atoms with Crippen molar-refractivity contribution in [3.05, 3.63) is 94.4 Å². The molecule has 0 bridgehead atoms. The maximum absolute atomic E-state index is 13.8. The Morgan fingerprint density at radius 2 is 1.92 bits per heavy atom. The van der Waals surface area contributed by atoms with Crippen molar-refractivity contribution in [3.8, 4) is 0 Å². The number of carbonyl (C=O) groups excluding carboxylic acids is 1. The van der Waals surface area contributed by atoms with Crippen molar-refractivity contribution in [2.45, 2.75) is 37.6 Å². The zero-order valence-electron chi connectivity index (χ0n) is 20.7. The number of benzene rings is 2. The number of thiophene rings is 1. The van der Waals surface area contributed by atoms with E-state index < -0.39 is 10.0 Å². The molecule has 0 aliphatic carbocycles. The van der Waals surface area contributed by atoms with Crippen LogP contribution in [-0.2, 0) is 14.8 Å². The lowest BCUT2D eigenvalue weighted by molar-refractivity contribution is -0.133. The van der Waals surface area contributed by atoms with E-state index in [1.807, 2.05) is 61.7 Å². The Kier molecular flexibility index (Phi) is 7.19. The monoisotopic (exact) mass is 532 g/mol. The van der Waals surface area contributed by atoms with Gasteiger partial charge in [0.1, 0.15) is 0 Å². The Labute approximate surface area is 221 Å². The molecule has 190 valence electrons. The first kappa shape index (κ1) is 25.3. The van der Waals surface area contributed by atoms with E-state index in [1.54, 1.807) is 41.9 Å². The molecule has 1 amide bonds. The zero-order chi connectivity index (χ0) is 26.0. The third kappa shape index (κ3) is 5.07. The van der Waals surface area contributed by atoms with E-state index in [4.69, 9.17) is 5.10 Å². The molecule has 1 unspecified atom stereocenters. The van der Waals surface area contributed by atoms with Crippen LogP contribution in [0.25, 0.3) is 10.8 Å². The van der Waals surface area contributed by atoms with Crippen LogP contribution in [0.4, 0.5) is 0 Å². The van der Waals surface area contributed by atoms with Crippen LogP contribution in [0.3, 0.4) is 0 Å². The molecule has 2 aromatic heterocycles. The SMILES string of the molecule is CCCN(CC(=O)N1N=C(c2cccs2)CC1c1ccc(C)cc1)S(=O)(=O)c1cccc2cnccc12. The third-order valence-corrected chi connectivity index (χ3v) is 9.30. The van der Waals surface area contributed by atoms with Crippen LogP contribution in [0.5, 0.6) is 0 Å². The van der Waals surface area contributed by atoms with Crippen molar-refractivity contribution in [1.82, 2.24) is 14.3 Å². The first-order valence-electron chi connectivity index (χ1n) is 12.2. The number of hydrogen-bond acceptors (Lipinski definition) is 6. The minimum Gasteiger partial charge on any atom is -0.271 e. The molecule has 0 N–H and O–H groups in total. The fraction of sp³-hybridized carbons (Fsp3) is 0.250. The summed E-state index contributed by atoms with van der Waals surface area (Å²) in [6.45, 7) is 3.85. The smallest absolute Gasteiger partial charge is 0.258 e. The molecular weight excluding hydrogens is 504 g/mol. The minimum atomic E-state index is -3.95. The lowest BCUT2D eigenvalue weighted by Gasteiger charge is -2.27. The van der Waals surface area contributed by atoms with Gasteiger partial charge in [0, 0.05) is 36.1 Å². The van der Waals surface area contributed by atoms with Crippen molar-refractivity contribution in [3.63, 3.8) is 0 Å². The molecule has 3 heterocycles. The summed E-state index contributed by atoms with van der Waals surface area (Å²) in [6.07, 6.45) is 4.37. The first-order chi connectivity index (χ1) is 17.9. The largest absolute Gasteiger partial charge is 0.271 e. The van der Waals surface area contributed by atoms with Crippen LogP contribution in [0.1, 0.15) is 41.8 Å². The second-order valence-electron chi connectivity index (χ2n) is 9.08. The van der Waals surface area contributed by atoms with Crippen LogP contribution >= 0.6 is 11.3 Å². The summed E-state index contributed by atoms with van der Waals surface area (Å²) < 4.78 is 28.9. The third-order valence-electron chi connectivity index (χ3n) is 6.48. The summed E-state index contributed by atoms with van der Waals surface area (Å²) in [7, 11) is -3.95. The number of nitrogens with zero attached hydrogens (tertiary/aromatic N) is 4. The maximum Gasteiger partial charge on any atom is 0.258 e. The lowest BCUT2D eigenvalue weighted by Crippen LogP contribution is -2.41. The molecule has 0 fully saturated rings. The van der Waals surface area contributed by atoms with E-state index >= 15 is 0 Å². The Balaban J connectivity index is 1.48. The van der Waals surface area contributed by atoms with Gasteiger partial charge in [0.05, 0.1) is 28.1 Å². The van der Waals surface area contributed by atoms with Crippen molar-refractivity contribution in [1.29, 1.82) is 0 Å². The van der Waals surface area contributed by atoms with E-state index in [0.717, 1.165) is 27.1 Å². The minimum absolute atomic E-state index is 0.174. The topological polar surface area (TPSA) is 82.9 Å². The second kappa shape index (κ2) is 10.5. The summed E-state index contributed by atoms with van der Waals surface area (Å²) in [4.78, 5) is 19.0. The first-order valence-corrected chi connectivity index (χ1v) is 14.5. The van der Waals surface area contributed by atoms with Crippen LogP contribution < -0.4 is 0 Å². The Morgan fingerprint density at radius 3 is 2.65 bits per heavy atom. The van der Waals surface area contributed by atoms with Gasteiger partial charge in [-0.25, -0.2) is 13.4 Å². The van der Waals surface area contributed by atoms with Crippen LogP contribution in [0, 0.1) is 6.92 Å². The van der Waals surface area contributed by atoms with E-state index in [9.17, 15) is 13.2 Å². The Bertz CT molecular complexity index is 1540. The maximum atomic E-state index is 13.8. The summed E-state index contributed by atoms with van der Waals surface area (Å²) in [6, 6.07) is 18.5. The summed E-state index contributed by atoms with van der Waals surface area (Å²) in [5, 5.41) is 9.49. The van der Waals surface area contributed by atoms with Crippen molar-refractivity contribution in [2.24, 2.45) is 5.10 Å². The molecule has 0 radical (unpaired) electrons. The number of carbonyl (C=O) groups is 1. The Hall–Kier alpha value is -3.40. The van der Waals surface area contributed by atoms with Gasteiger partial charge in [-0.05, 0) is 42.5 Å². The van der Waals surface area contributed by atoms with E-state index in [0.29, 0.717) is 18.2 Å². The molecular formula is C28H28N4O3S2. The van der Waals surface area contributed by atoms with Crippen LogP contribution in [0.2, 0.25) is 0 Å². The number of aromatic nitrogens is 1. The molecule has 2 aromatic carbocycles. The predicted octanol–water partition coefficient (Wildman–Crippen LogP) is 5.38. The molecule has 1 aliphatic rings. The molecule has 0 saturated carbocycles. The normalized spacial score (nSPS) is 15.9. The van der Waals surface area contributed by atoms with Gasteiger partial charge in [-0.2, -0.15) is 9.41 Å². The molecule has 4 aromatic rings. The van der Waals surface area contributed by atoms with E-state index in [2.05, 4.69) is 4.98 Å². The summed E-state index contributed by atoms with van der Waals surface area (Å²) in [5.41, 5.74) is 2.94. The highest BCUT2D eigenvalue weighted by molar-refractivity contribution is 7.89. The van der Waals surface area contributed by atoms with E-state index in [1.165, 1.54) is 9.31 Å². The van der Waals surface area contributed by atoms with Gasteiger partial charge in [0.25, 0.3) is 5.91 Å². The van der Waals surface area contributed by atoms with Gasteiger partial charge >= 0.3 is 0 Å². The second-order valence-corrected chi connectivity index (χ2v) is 11.9. The fourth-order valence-corrected chi connectivity index (χ4v) is 7.01. The quantitative estimate of drug-likeness (QED) is 0.305. The average Bonchev–Trinajstić information content (AvgIpc) is 3.59. The number of hydrogen-bond donors (Lipinski definition) is 0. The van der Waals surface area contributed by atoms with Gasteiger partial charge < -0.3 is 0 Å². The molecule has 7 nitrogen and oxygen atoms in total. The number of fused-ring (bicyclic) bond motifs is 1. The van der Waals surface area contributed by atoms with Gasteiger partial charge in [0.2, 0.25) is 10.0 Å². The molecule has 0 spiro atoms. The number of pyridine rings is 1. The summed E-state index contributed by atoms with van der Waals surface area (Å²) >= 11 is 1.58. The Morgan fingerprint density at radius 1 is 1.11 bits per heavy atom. The molecule has 0 saturated heterocycles. The molecule has 1 atom stereocenters. The molecule has 37 heavy (non-hydrogen) atoms. The standard InChI is InChI=1S/C28H28N4O3S2/c1-3-15-31(37(34,35)27-8-4-6-22-18-29-14-13-23(22)27)19-28(33)32-25(21-11-9-20(2)10-12-21)17-24(30-32)26-7-5-16-36-26/h4-14,16,18,25H,3,15,17,19H2,1-2H3. The van der Waals surface area contributed by atoms with Gasteiger partial charge in [0.15, 0.2) is 0 Å². The number of rotatable bonds is 8. The van der Waals surface area contributed by atoms with Crippen molar-refractivity contribution in [2.75, 3.05) is 13.1 Å². The van der Waals surface area contributed by atoms with Gasteiger partial charge in [-0.3, -0.25) is 9.78 Å². The predicted molar refractivity (Wildman–Crippen MR) is 147 cm³/mol. The van der Waals surface area contributed by atoms with Gasteiger partial charge in [-0.15, -0.1) is 11.3 Å². The van der Waals surface area contributed by atoms with Crippen molar-refractivity contribution < 1.29 is 13.2 Å². The highest BCUT2D eigenvalue weighted by atomic mass is 32.2. The lowest BCUT2D eigenvalue weighted by atomic mass is 10.00. The van der Waals surface area contributed by atoms with Crippen LogP contribution in [-0.4, -0.2) is 47.4 Å². The number of amides is 1. The highest BCUT2D eigenvalue weighted by Crippen LogP contribution is 2.34. The van der Waals surface area contributed by atoms with Crippen LogP contribution in [0.15, 0.2) is 88.4 Å². The van der Waals surface area contributed by atoms with Crippen molar-refractivity contribution >= 4 is 43.8 Å².